The fraction of sp³-hybridized carbons (Fsp3) is 0.389. The zero-order valence-electron chi connectivity index (χ0n) is 14.7. The zero-order valence-corrected chi connectivity index (χ0v) is 15.5. The highest BCUT2D eigenvalue weighted by Gasteiger charge is 2.43. The monoisotopic (exact) mass is 372 g/mol. The van der Waals surface area contributed by atoms with E-state index in [0.29, 0.717) is 35.5 Å². The van der Waals surface area contributed by atoms with Crippen molar-refractivity contribution in [2.75, 3.05) is 0 Å². The second-order valence-corrected chi connectivity index (χ2v) is 8.46. The predicted octanol–water partition coefficient (Wildman–Crippen LogP) is 2.98. The Bertz CT molecular complexity index is 1070. The number of nitrogens with one attached hydrogen (secondary N) is 1. The summed E-state index contributed by atoms with van der Waals surface area (Å²) in [6.07, 6.45) is 4.78. The van der Waals surface area contributed by atoms with Crippen molar-refractivity contribution in [2.45, 2.75) is 50.0 Å². The standard InChI is InChI=1S/C18H20N4O3S/c1-12-7-8-15(14-6-5-11-19-16(12)14)26(23,24)22-18(9-3-4-10-18)17-20-13(2)25-21-17/h5-8,11,22H,3-4,9-10H2,1-2H3. The van der Waals surface area contributed by atoms with Crippen LogP contribution in [0, 0.1) is 13.8 Å². The molecular weight excluding hydrogens is 352 g/mol. The van der Waals surface area contributed by atoms with Crippen molar-refractivity contribution in [3.05, 3.63) is 47.7 Å². The minimum absolute atomic E-state index is 0.220. The molecule has 0 atom stereocenters. The molecule has 1 aliphatic carbocycles. The number of hydrogen-bond acceptors (Lipinski definition) is 6. The minimum Gasteiger partial charge on any atom is -0.340 e. The number of pyridine rings is 1. The molecule has 4 rings (SSSR count). The van der Waals surface area contributed by atoms with Crippen LogP contribution in [0.5, 0.6) is 0 Å². The highest BCUT2D eigenvalue weighted by Crippen LogP contribution is 2.39. The Morgan fingerprint density at radius 1 is 1.15 bits per heavy atom. The van der Waals surface area contributed by atoms with Crippen molar-refractivity contribution in [1.82, 2.24) is 19.8 Å². The second-order valence-electron chi connectivity index (χ2n) is 6.81. The van der Waals surface area contributed by atoms with Crippen LogP contribution in [-0.2, 0) is 15.6 Å². The summed E-state index contributed by atoms with van der Waals surface area (Å²) in [4.78, 5) is 8.86. The molecule has 0 unspecified atom stereocenters. The van der Waals surface area contributed by atoms with E-state index >= 15 is 0 Å². The van der Waals surface area contributed by atoms with Gasteiger partial charge in [-0.2, -0.15) is 9.71 Å². The van der Waals surface area contributed by atoms with Crippen LogP contribution in [0.4, 0.5) is 0 Å². The Morgan fingerprint density at radius 3 is 2.62 bits per heavy atom. The first-order valence-corrected chi connectivity index (χ1v) is 10.1. The first kappa shape index (κ1) is 17.1. The van der Waals surface area contributed by atoms with Gasteiger partial charge in [0.05, 0.1) is 16.0 Å². The number of sulfonamides is 1. The molecule has 1 N–H and O–H groups in total. The van der Waals surface area contributed by atoms with E-state index in [4.69, 9.17) is 4.52 Å². The summed E-state index contributed by atoms with van der Waals surface area (Å²) >= 11 is 0. The average molecular weight is 372 g/mol. The lowest BCUT2D eigenvalue weighted by Gasteiger charge is -2.26. The van der Waals surface area contributed by atoms with E-state index in [1.54, 1.807) is 37.4 Å². The van der Waals surface area contributed by atoms with Gasteiger partial charge in [0.2, 0.25) is 15.9 Å². The predicted molar refractivity (Wildman–Crippen MR) is 96.0 cm³/mol. The number of fused-ring (bicyclic) bond motifs is 1. The summed E-state index contributed by atoms with van der Waals surface area (Å²) in [5.41, 5.74) is 0.797. The number of rotatable bonds is 4. The first-order chi connectivity index (χ1) is 12.4. The molecule has 1 fully saturated rings. The van der Waals surface area contributed by atoms with Gasteiger partial charge in [-0.15, -0.1) is 0 Å². The molecular formula is C18H20N4O3S. The number of benzene rings is 1. The van der Waals surface area contributed by atoms with Crippen LogP contribution in [0.1, 0.15) is 43.0 Å². The lowest BCUT2D eigenvalue weighted by Crippen LogP contribution is -2.44. The van der Waals surface area contributed by atoms with Gasteiger partial charge in [-0.1, -0.05) is 24.1 Å². The molecule has 8 heteroatoms. The van der Waals surface area contributed by atoms with Crippen LogP contribution in [0.25, 0.3) is 10.9 Å². The van der Waals surface area contributed by atoms with E-state index in [0.717, 1.165) is 18.4 Å². The molecule has 0 bridgehead atoms. The smallest absolute Gasteiger partial charge is 0.242 e. The Hall–Kier alpha value is -2.32. The maximum atomic E-state index is 13.3. The summed E-state index contributed by atoms with van der Waals surface area (Å²) in [6, 6.07) is 6.94. The Labute approximate surface area is 151 Å². The van der Waals surface area contributed by atoms with Crippen molar-refractivity contribution in [1.29, 1.82) is 0 Å². The zero-order chi connectivity index (χ0) is 18.4. The van der Waals surface area contributed by atoms with E-state index in [2.05, 4.69) is 19.8 Å². The molecule has 0 amide bonds. The molecule has 2 aromatic heterocycles. The molecule has 1 aromatic carbocycles. The van der Waals surface area contributed by atoms with Gasteiger partial charge in [0.1, 0.15) is 0 Å². The van der Waals surface area contributed by atoms with Crippen molar-refractivity contribution >= 4 is 20.9 Å². The van der Waals surface area contributed by atoms with Crippen molar-refractivity contribution in [3.8, 4) is 0 Å². The highest BCUT2D eigenvalue weighted by molar-refractivity contribution is 7.89. The van der Waals surface area contributed by atoms with Crippen LogP contribution in [0.15, 0.2) is 39.9 Å². The minimum atomic E-state index is -3.80. The molecule has 26 heavy (non-hydrogen) atoms. The Kier molecular flexibility index (Phi) is 4.04. The number of hydrogen-bond donors (Lipinski definition) is 1. The van der Waals surface area contributed by atoms with Gasteiger partial charge in [-0.3, -0.25) is 4.98 Å². The number of aromatic nitrogens is 3. The third-order valence-corrected chi connectivity index (χ3v) is 6.56. The summed E-state index contributed by atoms with van der Waals surface area (Å²) < 4.78 is 34.5. The van der Waals surface area contributed by atoms with Crippen molar-refractivity contribution in [3.63, 3.8) is 0 Å². The van der Waals surface area contributed by atoms with Crippen LogP contribution >= 0.6 is 0 Å². The molecule has 0 radical (unpaired) electrons. The van der Waals surface area contributed by atoms with E-state index in [1.807, 2.05) is 6.92 Å². The molecule has 3 aromatic rings. The van der Waals surface area contributed by atoms with Crippen molar-refractivity contribution < 1.29 is 12.9 Å². The SMILES string of the molecule is Cc1nc(C2(NS(=O)(=O)c3ccc(C)c4ncccc34)CCCC2)no1. The van der Waals surface area contributed by atoms with Crippen molar-refractivity contribution in [2.24, 2.45) is 0 Å². The lowest BCUT2D eigenvalue weighted by atomic mass is 9.98. The molecule has 7 nitrogen and oxygen atoms in total. The molecule has 0 aliphatic heterocycles. The molecule has 0 saturated heterocycles. The number of nitrogens with zero attached hydrogens (tertiary/aromatic N) is 3. The Morgan fingerprint density at radius 2 is 1.92 bits per heavy atom. The van der Waals surface area contributed by atoms with E-state index in [-0.39, 0.29) is 4.90 Å². The third-order valence-electron chi connectivity index (χ3n) is 4.96. The van der Waals surface area contributed by atoms with Gasteiger partial charge in [-0.05, 0) is 43.5 Å². The summed E-state index contributed by atoms with van der Waals surface area (Å²) in [5, 5.41) is 4.61. The van der Waals surface area contributed by atoms with E-state index in [9.17, 15) is 8.42 Å². The van der Waals surface area contributed by atoms with Gasteiger partial charge in [0.25, 0.3) is 0 Å². The molecule has 136 valence electrons. The van der Waals surface area contributed by atoms with Crippen LogP contribution in [0.3, 0.4) is 0 Å². The second kappa shape index (κ2) is 6.14. The van der Waals surface area contributed by atoms with Gasteiger partial charge in [0.15, 0.2) is 5.82 Å². The van der Waals surface area contributed by atoms with Crippen LogP contribution < -0.4 is 4.72 Å². The van der Waals surface area contributed by atoms with Crippen LogP contribution in [0.2, 0.25) is 0 Å². The van der Waals surface area contributed by atoms with Crippen LogP contribution in [-0.4, -0.2) is 23.5 Å². The normalized spacial score (nSPS) is 17.0. The fourth-order valence-corrected chi connectivity index (χ4v) is 5.30. The maximum Gasteiger partial charge on any atom is 0.242 e. The maximum absolute atomic E-state index is 13.3. The summed E-state index contributed by atoms with van der Waals surface area (Å²) in [7, 11) is -3.80. The average Bonchev–Trinajstić information content (AvgIpc) is 3.25. The largest absolute Gasteiger partial charge is 0.340 e. The van der Waals surface area contributed by atoms with Gasteiger partial charge in [0, 0.05) is 18.5 Å². The number of aryl methyl sites for hydroxylation is 2. The van der Waals surface area contributed by atoms with Gasteiger partial charge < -0.3 is 4.52 Å². The first-order valence-electron chi connectivity index (χ1n) is 8.60. The summed E-state index contributed by atoms with van der Waals surface area (Å²) in [5.74, 6) is 0.834. The highest BCUT2D eigenvalue weighted by atomic mass is 32.2. The van der Waals surface area contributed by atoms with E-state index < -0.39 is 15.6 Å². The summed E-state index contributed by atoms with van der Waals surface area (Å²) in [6.45, 7) is 3.62. The van der Waals surface area contributed by atoms with Gasteiger partial charge in [-0.25, -0.2) is 8.42 Å². The van der Waals surface area contributed by atoms with E-state index in [1.165, 1.54) is 0 Å². The molecule has 2 heterocycles. The molecule has 1 saturated carbocycles. The quantitative estimate of drug-likeness (QED) is 0.756. The lowest BCUT2D eigenvalue weighted by molar-refractivity contribution is 0.338. The molecule has 0 spiro atoms. The molecule has 1 aliphatic rings. The third kappa shape index (κ3) is 2.79. The Balaban J connectivity index is 1.81. The van der Waals surface area contributed by atoms with Gasteiger partial charge >= 0.3 is 0 Å². The topological polar surface area (TPSA) is 98.0 Å². The fourth-order valence-electron chi connectivity index (χ4n) is 3.68.